The van der Waals surface area contributed by atoms with Crippen LogP contribution in [-0.2, 0) is 6.42 Å². The molecular weight excluding hydrogens is 382 g/mol. The molecule has 0 aliphatic heterocycles. The molecule has 1 aromatic heterocycles. The summed E-state index contributed by atoms with van der Waals surface area (Å²) in [7, 11) is 0. The molecule has 1 heterocycles. The van der Waals surface area contributed by atoms with E-state index in [1.165, 1.54) is 0 Å². The number of nitriles is 1. The predicted octanol–water partition coefficient (Wildman–Crippen LogP) is 5.85. The third-order valence-electron chi connectivity index (χ3n) is 5.44. The number of rotatable bonds is 6. The van der Waals surface area contributed by atoms with Crippen molar-refractivity contribution in [3.8, 4) is 17.3 Å². The molecule has 0 bridgehead atoms. The minimum absolute atomic E-state index is 0.104. The molecule has 3 aromatic carbocycles. The lowest BCUT2D eigenvalue weighted by Crippen LogP contribution is -2.29. The molecule has 0 fully saturated rings. The minimum Gasteiger partial charge on any atom is -0.345 e. The van der Waals surface area contributed by atoms with Gasteiger partial charge in [0, 0.05) is 16.5 Å². The molecule has 152 valence electrons. The fraction of sp³-hybridized carbons (Fsp3) is 0.148. The number of carbonyl (C=O) groups is 1. The minimum atomic E-state index is -0.184. The molecule has 31 heavy (non-hydrogen) atoms. The average molecular weight is 406 g/mol. The number of para-hydroxylation sites is 1. The second-order valence-electron chi connectivity index (χ2n) is 7.38. The molecule has 0 unspecified atom stereocenters. The number of hydrogen-bond donors (Lipinski definition) is 1. The van der Waals surface area contributed by atoms with Crippen LogP contribution < -0.4 is 5.32 Å². The molecular formula is C27H23N3O. The molecule has 0 aliphatic rings. The van der Waals surface area contributed by atoms with Crippen molar-refractivity contribution in [2.45, 2.75) is 25.8 Å². The van der Waals surface area contributed by atoms with E-state index in [1.807, 2.05) is 91.9 Å². The van der Waals surface area contributed by atoms with Gasteiger partial charge in [-0.05, 0) is 18.1 Å². The van der Waals surface area contributed by atoms with E-state index < -0.39 is 0 Å². The second-order valence-corrected chi connectivity index (χ2v) is 7.38. The van der Waals surface area contributed by atoms with E-state index in [0.717, 1.165) is 28.5 Å². The number of nitrogens with zero attached hydrogens (tertiary/aromatic N) is 2. The van der Waals surface area contributed by atoms with Crippen LogP contribution in [0.15, 0.2) is 84.9 Å². The third kappa shape index (κ3) is 4.17. The van der Waals surface area contributed by atoms with Crippen LogP contribution in [0.25, 0.3) is 22.2 Å². The summed E-state index contributed by atoms with van der Waals surface area (Å²) in [4.78, 5) is 18.5. The number of fused-ring (bicyclic) bond motifs is 1. The SMILES string of the molecule is CC[C@H](NC(=O)c1c(CC#N)c(-c2ccccc2)nc2ccccc12)c1ccccc1. The average Bonchev–Trinajstić information content (AvgIpc) is 2.83. The van der Waals surface area contributed by atoms with E-state index in [-0.39, 0.29) is 18.4 Å². The summed E-state index contributed by atoms with van der Waals surface area (Å²) in [5, 5.41) is 13.5. The highest BCUT2D eigenvalue weighted by Crippen LogP contribution is 2.31. The van der Waals surface area contributed by atoms with Crippen molar-refractivity contribution in [3.63, 3.8) is 0 Å². The van der Waals surface area contributed by atoms with Crippen molar-refractivity contribution in [2.24, 2.45) is 0 Å². The molecule has 0 saturated carbocycles. The third-order valence-corrected chi connectivity index (χ3v) is 5.44. The van der Waals surface area contributed by atoms with Gasteiger partial charge in [-0.1, -0.05) is 85.8 Å². The predicted molar refractivity (Wildman–Crippen MR) is 123 cm³/mol. The number of carbonyl (C=O) groups excluding carboxylic acids is 1. The number of aromatic nitrogens is 1. The van der Waals surface area contributed by atoms with Gasteiger partial charge in [-0.15, -0.1) is 0 Å². The molecule has 4 rings (SSSR count). The summed E-state index contributed by atoms with van der Waals surface area (Å²) >= 11 is 0. The van der Waals surface area contributed by atoms with Gasteiger partial charge in [0.15, 0.2) is 0 Å². The summed E-state index contributed by atoms with van der Waals surface area (Å²) in [6.07, 6.45) is 0.866. The van der Waals surface area contributed by atoms with Crippen LogP contribution >= 0.6 is 0 Å². The Morgan fingerprint density at radius 2 is 1.61 bits per heavy atom. The largest absolute Gasteiger partial charge is 0.345 e. The fourth-order valence-electron chi connectivity index (χ4n) is 3.93. The zero-order chi connectivity index (χ0) is 21.6. The van der Waals surface area contributed by atoms with Gasteiger partial charge in [-0.3, -0.25) is 4.79 Å². The van der Waals surface area contributed by atoms with Crippen LogP contribution in [0.5, 0.6) is 0 Å². The van der Waals surface area contributed by atoms with Crippen molar-refractivity contribution in [1.29, 1.82) is 5.26 Å². The van der Waals surface area contributed by atoms with Crippen LogP contribution in [0.2, 0.25) is 0 Å². The fourth-order valence-corrected chi connectivity index (χ4v) is 3.93. The van der Waals surface area contributed by atoms with Crippen LogP contribution in [0.4, 0.5) is 0 Å². The topological polar surface area (TPSA) is 65.8 Å². The normalized spacial score (nSPS) is 11.6. The van der Waals surface area contributed by atoms with Gasteiger partial charge in [-0.2, -0.15) is 5.26 Å². The summed E-state index contributed by atoms with van der Waals surface area (Å²) in [6, 6.07) is 29.4. The molecule has 0 spiro atoms. The molecule has 4 heteroatoms. The van der Waals surface area contributed by atoms with Crippen LogP contribution in [0.3, 0.4) is 0 Å². The molecule has 1 atom stereocenters. The van der Waals surface area contributed by atoms with Crippen LogP contribution in [0.1, 0.15) is 40.9 Å². The van der Waals surface area contributed by atoms with Crippen molar-refractivity contribution in [3.05, 3.63) is 102 Å². The molecule has 4 aromatic rings. The maximum Gasteiger partial charge on any atom is 0.252 e. The molecule has 0 saturated heterocycles. The maximum atomic E-state index is 13.6. The highest BCUT2D eigenvalue weighted by Gasteiger charge is 2.23. The Labute approximate surface area is 182 Å². The molecule has 1 N–H and O–H groups in total. The van der Waals surface area contributed by atoms with Crippen molar-refractivity contribution in [2.75, 3.05) is 0 Å². The number of hydrogen-bond acceptors (Lipinski definition) is 3. The van der Waals surface area contributed by atoms with Gasteiger partial charge >= 0.3 is 0 Å². The summed E-state index contributed by atoms with van der Waals surface area (Å²) in [5.74, 6) is -0.184. The summed E-state index contributed by atoms with van der Waals surface area (Å²) in [6.45, 7) is 2.05. The standard InChI is InChI=1S/C27H23N3O/c1-2-23(19-11-5-3-6-12-19)30-27(31)25-21-15-9-10-16-24(21)29-26(22(25)17-18-28)20-13-7-4-8-14-20/h3-16,23H,2,17H2,1H3,(H,30,31)/t23-/m0/s1. The van der Waals surface area contributed by atoms with Crippen LogP contribution in [-0.4, -0.2) is 10.9 Å². The first-order chi connectivity index (χ1) is 15.2. The second kappa shape index (κ2) is 9.23. The number of benzene rings is 3. The first-order valence-corrected chi connectivity index (χ1v) is 10.4. The Bertz CT molecular complexity index is 1240. The lowest BCUT2D eigenvalue weighted by molar-refractivity contribution is 0.0936. The highest BCUT2D eigenvalue weighted by atomic mass is 16.1. The maximum absolute atomic E-state index is 13.6. The Hall–Kier alpha value is -3.97. The number of amides is 1. The zero-order valence-corrected chi connectivity index (χ0v) is 17.4. The lowest BCUT2D eigenvalue weighted by atomic mass is 9.93. The smallest absolute Gasteiger partial charge is 0.252 e. The summed E-state index contributed by atoms with van der Waals surface area (Å²) in [5.41, 5.74) is 4.55. The van der Waals surface area contributed by atoms with Crippen LogP contribution in [0, 0.1) is 11.3 Å². The Morgan fingerprint density at radius 3 is 2.29 bits per heavy atom. The van der Waals surface area contributed by atoms with Gasteiger partial charge < -0.3 is 5.32 Å². The van der Waals surface area contributed by atoms with E-state index in [0.29, 0.717) is 16.8 Å². The Balaban J connectivity index is 1.88. The van der Waals surface area contributed by atoms with Gasteiger partial charge in [0.05, 0.1) is 35.3 Å². The molecule has 4 nitrogen and oxygen atoms in total. The van der Waals surface area contributed by atoms with E-state index in [2.05, 4.69) is 11.4 Å². The number of pyridine rings is 1. The first kappa shape index (κ1) is 20.3. The van der Waals surface area contributed by atoms with Gasteiger partial charge in [-0.25, -0.2) is 4.98 Å². The Kier molecular flexibility index (Phi) is 6.05. The lowest BCUT2D eigenvalue weighted by Gasteiger charge is -2.20. The van der Waals surface area contributed by atoms with Crippen molar-refractivity contribution >= 4 is 16.8 Å². The molecule has 0 radical (unpaired) electrons. The van der Waals surface area contributed by atoms with Crippen molar-refractivity contribution in [1.82, 2.24) is 10.3 Å². The molecule has 0 aliphatic carbocycles. The van der Waals surface area contributed by atoms with E-state index in [4.69, 9.17) is 4.98 Å². The van der Waals surface area contributed by atoms with Gasteiger partial charge in [0.2, 0.25) is 0 Å². The van der Waals surface area contributed by atoms with E-state index in [1.54, 1.807) is 0 Å². The number of nitrogens with one attached hydrogen (secondary N) is 1. The summed E-state index contributed by atoms with van der Waals surface area (Å²) < 4.78 is 0. The first-order valence-electron chi connectivity index (χ1n) is 10.4. The van der Waals surface area contributed by atoms with Gasteiger partial charge in [0.25, 0.3) is 5.91 Å². The zero-order valence-electron chi connectivity index (χ0n) is 17.4. The van der Waals surface area contributed by atoms with Gasteiger partial charge in [0.1, 0.15) is 0 Å². The highest BCUT2D eigenvalue weighted by molar-refractivity contribution is 6.09. The van der Waals surface area contributed by atoms with E-state index in [9.17, 15) is 10.1 Å². The van der Waals surface area contributed by atoms with Crippen molar-refractivity contribution < 1.29 is 4.79 Å². The van der Waals surface area contributed by atoms with E-state index >= 15 is 0 Å². The monoisotopic (exact) mass is 405 g/mol. The molecule has 1 amide bonds. The quantitative estimate of drug-likeness (QED) is 0.438. The Morgan fingerprint density at radius 1 is 0.968 bits per heavy atom.